The van der Waals surface area contributed by atoms with Gasteiger partial charge < -0.3 is 4.18 Å². The molecule has 0 atom stereocenters. The highest BCUT2D eigenvalue weighted by Gasteiger charge is 2.18. The van der Waals surface area contributed by atoms with E-state index in [1.54, 1.807) is 0 Å². The van der Waals surface area contributed by atoms with Gasteiger partial charge in [0.2, 0.25) is 5.82 Å². The Labute approximate surface area is 91.4 Å². The summed E-state index contributed by atoms with van der Waals surface area (Å²) >= 11 is 1.49. The molecule has 1 aromatic carbocycles. The molecule has 0 radical (unpaired) electrons. The molecule has 0 aliphatic rings. The molecule has 0 aliphatic heterocycles. The Kier molecular flexibility index (Phi) is 3.24. The largest absolute Gasteiger partial charge is 0.488 e. The van der Waals surface area contributed by atoms with E-state index in [0.717, 1.165) is 12.1 Å². The van der Waals surface area contributed by atoms with Crippen LogP contribution in [0.25, 0.3) is 0 Å². The van der Waals surface area contributed by atoms with Crippen molar-refractivity contribution in [2.75, 3.05) is 0 Å². The lowest BCUT2D eigenvalue weighted by Crippen LogP contribution is -2.04. The van der Waals surface area contributed by atoms with Gasteiger partial charge in [0.15, 0.2) is 11.6 Å². The highest BCUT2D eigenvalue weighted by Crippen LogP contribution is 2.24. The maximum atomic E-state index is 12.9. The van der Waals surface area contributed by atoms with Gasteiger partial charge in [-0.3, -0.25) is 0 Å². The quantitative estimate of drug-likeness (QED) is 0.472. The van der Waals surface area contributed by atoms with Crippen LogP contribution in [0.2, 0.25) is 0 Å². The summed E-state index contributed by atoms with van der Waals surface area (Å²) < 4.78 is 61.0. The summed E-state index contributed by atoms with van der Waals surface area (Å²) in [6.45, 7) is 0. The Bertz CT molecular complexity index is 460. The summed E-state index contributed by atoms with van der Waals surface area (Å²) in [5, 5.41) is 0. The molecule has 0 saturated carbocycles. The fourth-order valence-electron chi connectivity index (χ4n) is 0.680. The summed E-state index contributed by atoms with van der Waals surface area (Å²) in [6.07, 6.45) is 0. The van der Waals surface area contributed by atoms with Gasteiger partial charge in [0.1, 0.15) is 0 Å². The van der Waals surface area contributed by atoms with Crippen molar-refractivity contribution in [3.63, 3.8) is 0 Å². The SMILES string of the molecule is O=S(=O)(F)Oc1ccc(I)c(F)c1F. The molecule has 0 unspecified atom stereocenters. The molecular weight excluding hydrogens is 336 g/mol. The van der Waals surface area contributed by atoms with Crippen LogP contribution < -0.4 is 4.18 Å². The minimum absolute atomic E-state index is 0.0660. The normalized spacial score (nSPS) is 11.4. The minimum Gasteiger partial charge on any atom is -0.355 e. The van der Waals surface area contributed by atoms with Crippen molar-refractivity contribution in [1.82, 2.24) is 0 Å². The Morgan fingerprint density at radius 1 is 1.21 bits per heavy atom. The zero-order valence-corrected chi connectivity index (χ0v) is 9.27. The molecular formula is C6H2F3IO3S. The average Bonchev–Trinajstić information content (AvgIpc) is 2.04. The lowest BCUT2D eigenvalue weighted by Gasteiger charge is -2.02. The first-order valence-electron chi connectivity index (χ1n) is 3.09. The molecule has 0 saturated heterocycles. The van der Waals surface area contributed by atoms with Crippen LogP contribution in [0.3, 0.4) is 0 Å². The molecule has 8 heteroatoms. The maximum Gasteiger partial charge on any atom is 0.488 e. The van der Waals surface area contributed by atoms with Crippen molar-refractivity contribution in [2.45, 2.75) is 0 Å². The van der Waals surface area contributed by atoms with Crippen molar-refractivity contribution in [3.05, 3.63) is 27.3 Å². The number of benzene rings is 1. The van der Waals surface area contributed by atoms with Gasteiger partial charge in [0.25, 0.3) is 0 Å². The van der Waals surface area contributed by atoms with Crippen LogP contribution in [0.1, 0.15) is 0 Å². The van der Waals surface area contributed by atoms with E-state index in [0.29, 0.717) is 0 Å². The highest BCUT2D eigenvalue weighted by atomic mass is 127. The van der Waals surface area contributed by atoms with E-state index in [-0.39, 0.29) is 3.57 Å². The molecule has 3 nitrogen and oxygen atoms in total. The van der Waals surface area contributed by atoms with Crippen LogP contribution in [-0.2, 0) is 10.5 Å². The van der Waals surface area contributed by atoms with Crippen LogP contribution in [-0.4, -0.2) is 8.42 Å². The number of hydrogen-bond acceptors (Lipinski definition) is 3. The van der Waals surface area contributed by atoms with Gasteiger partial charge in [-0.1, -0.05) is 3.89 Å². The third-order valence-corrected chi connectivity index (χ3v) is 2.40. The summed E-state index contributed by atoms with van der Waals surface area (Å²) in [7, 11) is -5.34. The van der Waals surface area contributed by atoms with Crippen LogP contribution >= 0.6 is 22.6 Å². The molecule has 0 N–H and O–H groups in total. The fraction of sp³-hybridized carbons (Fsp3) is 0. The molecule has 0 heterocycles. The molecule has 0 aliphatic carbocycles. The van der Waals surface area contributed by atoms with Crippen LogP contribution in [0.15, 0.2) is 12.1 Å². The summed E-state index contributed by atoms with van der Waals surface area (Å²) in [5.41, 5.74) is 0. The van der Waals surface area contributed by atoms with Gasteiger partial charge >= 0.3 is 10.5 Å². The standard InChI is InChI=1S/C6H2F3IO3S/c7-5-3(10)1-2-4(6(5)8)13-14(9,11)12/h1-2H. The van der Waals surface area contributed by atoms with E-state index >= 15 is 0 Å². The van der Waals surface area contributed by atoms with Crippen molar-refractivity contribution in [3.8, 4) is 5.75 Å². The first kappa shape index (κ1) is 11.6. The van der Waals surface area contributed by atoms with E-state index < -0.39 is 27.9 Å². The van der Waals surface area contributed by atoms with E-state index in [2.05, 4.69) is 4.18 Å². The zero-order valence-electron chi connectivity index (χ0n) is 6.30. The van der Waals surface area contributed by atoms with Crippen LogP contribution in [0, 0.1) is 15.2 Å². The van der Waals surface area contributed by atoms with E-state index in [4.69, 9.17) is 0 Å². The average molecular weight is 338 g/mol. The smallest absolute Gasteiger partial charge is 0.355 e. The van der Waals surface area contributed by atoms with Gasteiger partial charge in [-0.25, -0.2) is 4.39 Å². The topological polar surface area (TPSA) is 43.4 Å². The molecule has 0 amide bonds. The van der Waals surface area contributed by atoms with E-state index in [1.807, 2.05) is 0 Å². The molecule has 0 fully saturated rings. The summed E-state index contributed by atoms with van der Waals surface area (Å²) in [4.78, 5) is 0. The van der Waals surface area contributed by atoms with Crippen molar-refractivity contribution in [2.24, 2.45) is 0 Å². The third-order valence-electron chi connectivity index (χ3n) is 1.19. The predicted octanol–water partition coefficient (Wildman–Crippen LogP) is 2.16. The van der Waals surface area contributed by atoms with Gasteiger partial charge in [-0.05, 0) is 34.7 Å². The minimum atomic E-state index is -5.34. The fourth-order valence-corrected chi connectivity index (χ4v) is 1.44. The molecule has 14 heavy (non-hydrogen) atoms. The molecule has 78 valence electrons. The number of hydrogen-bond donors (Lipinski definition) is 0. The van der Waals surface area contributed by atoms with Gasteiger partial charge in [-0.15, -0.1) is 0 Å². The summed E-state index contributed by atoms with van der Waals surface area (Å²) in [5.74, 6) is -3.84. The molecule has 1 rings (SSSR count). The highest BCUT2D eigenvalue weighted by molar-refractivity contribution is 14.1. The molecule has 0 aromatic heterocycles. The lowest BCUT2D eigenvalue weighted by molar-refractivity contribution is 0.409. The second-order valence-corrected chi connectivity index (χ2v) is 4.26. The van der Waals surface area contributed by atoms with Crippen molar-refractivity contribution in [1.29, 1.82) is 0 Å². The second-order valence-electron chi connectivity index (χ2n) is 2.15. The van der Waals surface area contributed by atoms with Crippen molar-refractivity contribution >= 4 is 33.1 Å². The Morgan fingerprint density at radius 3 is 2.29 bits per heavy atom. The lowest BCUT2D eigenvalue weighted by atomic mass is 10.3. The van der Waals surface area contributed by atoms with Gasteiger partial charge in [0, 0.05) is 0 Å². The first-order chi connectivity index (χ1) is 6.31. The van der Waals surface area contributed by atoms with Gasteiger partial charge in [0.05, 0.1) is 3.57 Å². The van der Waals surface area contributed by atoms with E-state index in [9.17, 15) is 21.1 Å². The number of rotatable bonds is 2. The first-order valence-corrected chi connectivity index (χ1v) is 5.47. The Morgan fingerprint density at radius 2 is 1.79 bits per heavy atom. The third kappa shape index (κ3) is 2.74. The molecule has 1 aromatic rings. The summed E-state index contributed by atoms with van der Waals surface area (Å²) in [6, 6.07) is 1.87. The monoisotopic (exact) mass is 338 g/mol. The molecule has 0 spiro atoms. The Balaban J connectivity index is 3.19. The predicted molar refractivity (Wildman–Crippen MR) is 49.7 cm³/mol. The van der Waals surface area contributed by atoms with Crippen LogP contribution in [0.4, 0.5) is 12.7 Å². The van der Waals surface area contributed by atoms with E-state index in [1.165, 1.54) is 22.6 Å². The maximum absolute atomic E-state index is 12.9. The van der Waals surface area contributed by atoms with Gasteiger partial charge in [-0.2, -0.15) is 12.8 Å². The van der Waals surface area contributed by atoms with Crippen LogP contribution in [0.5, 0.6) is 5.75 Å². The second kappa shape index (κ2) is 3.93. The van der Waals surface area contributed by atoms with Crippen molar-refractivity contribution < 1.29 is 25.3 Å². The molecule has 0 bridgehead atoms. The zero-order chi connectivity index (χ0) is 10.9. The Hall–Kier alpha value is -0.510. The number of halogens is 4.